The maximum absolute atomic E-state index is 12.3. The molecule has 2 amide bonds. The summed E-state index contributed by atoms with van der Waals surface area (Å²) >= 11 is 0. The van der Waals surface area contributed by atoms with Crippen molar-refractivity contribution < 1.29 is 19.1 Å². The minimum Gasteiger partial charge on any atom is -0.455 e. The lowest BCUT2D eigenvalue weighted by molar-refractivity contribution is -0.152. The van der Waals surface area contributed by atoms with Gasteiger partial charge in [0.2, 0.25) is 5.91 Å². The number of carbonyl (C=O) groups is 3. The molecule has 1 aromatic carbocycles. The van der Waals surface area contributed by atoms with Crippen molar-refractivity contribution in [3.05, 3.63) is 35.0 Å². The topological polar surface area (TPSA) is 105 Å². The number of rotatable bonds is 5. The molecule has 3 rings (SSSR count). The fourth-order valence-electron chi connectivity index (χ4n) is 3.57. The van der Waals surface area contributed by atoms with Gasteiger partial charge in [-0.25, -0.2) is 0 Å². The number of aromatic nitrogens is 1. The van der Waals surface area contributed by atoms with E-state index in [1.54, 1.807) is 4.90 Å². The van der Waals surface area contributed by atoms with Gasteiger partial charge in [0.05, 0.1) is 6.42 Å². The summed E-state index contributed by atoms with van der Waals surface area (Å²) in [6.07, 6.45) is 1.23. The first kappa shape index (κ1) is 18.9. The van der Waals surface area contributed by atoms with Crippen LogP contribution < -0.4 is 5.73 Å². The number of hydrogen-bond acceptors (Lipinski definition) is 4. The van der Waals surface area contributed by atoms with Crippen LogP contribution in [0.5, 0.6) is 0 Å². The van der Waals surface area contributed by atoms with Crippen LogP contribution in [0.2, 0.25) is 0 Å². The number of aryl methyl sites for hydroxylation is 2. The van der Waals surface area contributed by atoms with Gasteiger partial charge >= 0.3 is 5.97 Å². The minimum atomic E-state index is -0.430. The number of fused-ring (bicyclic) bond motifs is 1. The standard InChI is InChI=1S/C20H25N3O4/c1-12-3-4-17-16(9-12)15(13(2)22-17)10-19(25)27-11-18(24)23-7-5-14(6-8-23)20(21)26/h3-4,9,14,22H,5-8,10-11H2,1-2H3,(H2,21,26). The van der Waals surface area contributed by atoms with E-state index in [4.69, 9.17) is 10.5 Å². The van der Waals surface area contributed by atoms with E-state index >= 15 is 0 Å². The van der Waals surface area contributed by atoms with Gasteiger partial charge in [0, 0.05) is 35.6 Å². The fourth-order valence-corrected chi connectivity index (χ4v) is 3.57. The number of nitrogens with two attached hydrogens (primary N) is 1. The Balaban J connectivity index is 1.55. The lowest BCUT2D eigenvalue weighted by atomic mass is 9.96. The number of carbonyl (C=O) groups excluding carboxylic acids is 3. The van der Waals surface area contributed by atoms with E-state index in [0.717, 1.165) is 27.7 Å². The maximum atomic E-state index is 12.3. The van der Waals surface area contributed by atoms with Gasteiger partial charge < -0.3 is 20.4 Å². The quantitative estimate of drug-likeness (QED) is 0.779. The molecule has 144 valence electrons. The summed E-state index contributed by atoms with van der Waals surface area (Å²) < 4.78 is 5.20. The van der Waals surface area contributed by atoms with E-state index in [1.165, 1.54) is 0 Å². The van der Waals surface area contributed by atoms with E-state index in [0.29, 0.717) is 25.9 Å². The highest BCUT2D eigenvalue weighted by Gasteiger charge is 2.26. The SMILES string of the molecule is Cc1ccc2[nH]c(C)c(CC(=O)OCC(=O)N3CCC(C(N)=O)CC3)c2c1. The van der Waals surface area contributed by atoms with Gasteiger partial charge in [-0.15, -0.1) is 0 Å². The van der Waals surface area contributed by atoms with Crippen molar-refractivity contribution in [2.75, 3.05) is 19.7 Å². The Morgan fingerprint density at radius 3 is 2.59 bits per heavy atom. The summed E-state index contributed by atoms with van der Waals surface area (Å²) in [6, 6.07) is 6.04. The molecule has 0 bridgehead atoms. The second-order valence-electron chi connectivity index (χ2n) is 7.17. The Hall–Kier alpha value is -2.83. The predicted octanol–water partition coefficient (Wildman–Crippen LogP) is 1.59. The van der Waals surface area contributed by atoms with Gasteiger partial charge in [0.25, 0.3) is 5.91 Å². The summed E-state index contributed by atoms with van der Waals surface area (Å²) in [7, 11) is 0. The zero-order valence-corrected chi connectivity index (χ0v) is 15.7. The molecule has 0 spiro atoms. The first-order chi connectivity index (χ1) is 12.8. The van der Waals surface area contributed by atoms with Crippen LogP contribution in [-0.4, -0.2) is 47.4 Å². The summed E-state index contributed by atoms with van der Waals surface area (Å²) in [4.78, 5) is 40.6. The first-order valence-corrected chi connectivity index (χ1v) is 9.15. The number of hydrogen-bond donors (Lipinski definition) is 2. The monoisotopic (exact) mass is 371 g/mol. The molecule has 27 heavy (non-hydrogen) atoms. The highest BCUT2D eigenvalue weighted by molar-refractivity contribution is 5.90. The van der Waals surface area contributed by atoms with Gasteiger partial charge in [-0.05, 0) is 44.4 Å². The summed E-state index contributed by atoms with van der Waals surface area (Å²) in [5.74, 6) is -1.17. The van der Waals surface area contributed by atoms with Crippen LogP contribution in [-0.2, 0) is 25.5 Å². The smallest absolute Gasteiger partial charge is 0.310 e. The number of aromatic amines is 1. The van der Waals surface area contributed by atoms with Gasteiger partial charge in [0.1, 0.15) is 0 Å². The van der Waals surface area contributed by atoms with Crippen molar-refractivity contribution in [1.29, 1.82) is 0 Å². The molecule has 1 fully saturated rings. The average Bonchev–Trinajstić information content (AvgIpc) is 2.94. The van der Waals surface area contributed by atoms with Crippen molar-refractivity contribution in [3.8, 4) is 0 Å². The van der Waals surface area contributed by atoms with E-state index in [9.17, 15) is 14.4 Å². The molecule has 7 heteroatoms. The van der Waals surface area contributed by atoms with Crippen LogP contribution >= 0.6 is 0 Å². The van der Waals surface area contributed by atoms with Crippen LogP contribution in [0, 0.1) is 19.8 Å². The molecule has 0 aliphatic carbocycles. The number of esters is 1. The second-order valence-corrected chi connectivity index (χ2v) is 7.17. The summed E-state index contributed by atoms with van der Waals surface area (Å²) in [5, 5.41) is 1.00. The van der Waals surface area contributed by atoms with Gasteiger partial charge in [-0.3, -0.25) is 14.4 Å². The predicted molar refractivity (Wildman–Crippen MR) is 101 cm³/mol. The number of amides is 2. The Labute approximate surface area is 157 Å². The largest absolute Gasteiger partial charge is 0.455 e. The average molecular weight is 371 g/mol. The van der Waals surface area contributed by atoms with Crippen molar-refractivity contribution in [2.24, 2.45) is 11.7 Å². The number of nitrogens with one attached hydrogen (secondary N) is 1. The number of primary amides is 1. The van der Waals surface area contributed by atoms with Crippen LogP contribution in [0.25, 0.3) is 10.9 Å². The fraction of sp³-hybridized carbons (Fsp3) is 0.450. The number of ether oxygens (including phenoxy) is 1. The summed E-state index contributed by atoms with van der Waals surface area (Å²) in [6.45, 7) is 4.58. The molecular weight excluding hydrogens is 346 g/mol. The lowest BCUT2D eigenvalue weighted by Crippen LogP contribution is -2.43. The molecule has 2 heterocycles. The third kappa shape index (κ3) is 4.30. The van der Waals surface area contributed by atoms with Crippen molar-refractivity contribution >= 4 is 28.7 Å². The number of piperidine rings is 1. The van der Waals surface area contributed by atoms with Crippen LogP contribution in [0.1, 0.15) is 29.7 Å². The molecule has 1 aliphatic heterocycles. The molecule has 7 nitrogen and oxygen atoms in total. The highest BCUT2D eigenvalue weighted by Crippen LogP contribution is 2.24. The third-order valence-corrected chi connectivity index (χ3v) is 5.20. The Morgan fingerprint density at radius 2 is 1.93 bits per heavy atom. The second kappa shape index (κ2) is 7.82. The Morgan fingerprint density at radius 1 is 1.22 bits per heavy atom. The number of H-pyrrole nitrogens is 1. The number of benzene rings is 1. The van der Waals surface area contributed by atoms with Crippen LogP contribution in [0.4, 0.5) is 0 Å². The number of likely N-dealkylation sites (tertiary alicyclic amines) is 1. The normalized spacial score (nSPS) is 15.1. The van der Waals surface area contributed by atoms with E-state index in [1.807, 2.05) is 32.0 Å². The summed E-state index contributed by atoms with van der Waals surface area (Å²) in [5.41, 5.74) is 9.22. The van der Waals surface area contributed by atoms with Crippen molar-refractivity contribution in [1.82, 2.24) is 9.88 Å². The molecule has 0 saturated carbocycles. The third-order valence-electron chi connectivity index (χ3n) is 5.20. The lowest BCUT2D eigenvalue weighted by Gasteiger charge is -2.30. The molecule has 1 aliphatic rings. The molecule has 0 unspecified atom stereocenters. The Bertz CT molecular complexity index is 879. The first-order valence-electron chi connectivity index (χ1n) is 9.15. The highest BCUT2D eigenvalue weighted by atomic mass is 16.5. The van der Waals surface area contributed by atoms with Gasteiger partial charge in [0.15, 0.2) is 6.61 Å². The molecular formula is C20H25N3O4. The molecule has 3 N–H and O–H groups in total. The van der Waals surface area contributed by atoms with E-state index in [2.05, 4.69) is 4.98 Å². The molecule has 0 radical (unpaired) electrons. The molecule has 0 atom stereocenters. The van der Waals surface area contributed by atoms with Gasteiger partial charge in [-0.2, -0.15) is 0 Å². The molecule has 2 aromatic rings. The van der Waals surface area contributed by atoms with Crippen LogP contribution in [0.15, 0.2) is 18.2 Å². The number of nitrogens with zero attached hydrogens (tertiary/aromatic N) is 1. The van der Waals surface area contributed by atoms with Crippen molar-refractivity contribution in [3.63, 3.8) is 0 Å². The van der Waals surface area contributed by atoms with Gasteiger partial charge in [-0.1, -0.05) is 11.6 Å². The minimum absolute atomic E-state index is 0.117. The Kier molecular flexibility index (Phi) is 5.48. The maximum Gasteiger partial charge on any atom is 0.310 e. The van der Waals surface area contributed by atoms with Crippen molar-refractivity contribution in [2.45, 2.75) is 33.1 Å². The van der Waals surface area contributed by atoms with Crippen LogP contribution in [0.3, 0.4) is 0 Å². The zero-order chi connectivity index (χ0) is 19.6. The molecule has 1 saturated heterocycles. The zero-order valence-electron chi connectivity index (χ0n) is 15.7. The molecule has 1 aromatic heterocycles. The van der Waals surface area contributed by atoms with E-state index < -0.39 is 5.97 Å². The van der Waals surface area contributed by atoms with E-state index in [-0.39, 0.29) is 30.8 Å².